The first-order valence-corrected chi connectivity index (χ1v) is 6.52. The van der Waals surface area contributed by atoms with Crippen LogP contribution in [0.15, 0.2) is 0 Å². The van der Waals surface area contributed by atoms with Crippen molar-refractivity contribution in [3.8, 4) is 0 Å². The third kappa shape index (κ3) is 9.85. The minimum atomic E-state index is -0.682. The number of rotatable bonds is 5. The predicted molar refractivity (Wildman–Crippen MR) is 66.0 cm³/mol. The topological polar surface area (TPSA) is 74.6 Å². The fourth-order valence-corrected chi connectivity index (χ4v) is 1.88. The minimum absolute atomic E-state index is 0.0289. The number of carboxylic acids is 2. The van der Waals surface area contributed by atoms with Gasteiger partial charge in [-0.1, -0.05) is 39.0 Å². The van der Waals surface area contributed by atoms with Crippen molar-refractivity contribution in [3.63, 3.8) is 0 Å². The molecule has 0 spiro atoms. The quantitative estimate of drug-likeness (QED) is 0.727. The Bertz CT molecular complexity index is 219. The normalized spacial score (nSPS) is 15.8. The second-order valence-electron chi connectivity index (χ2n) is 4.52. The Kier molecular flexibility index (Phi) is 9.49. The summed E-state index contributed by atoms with van der Waals surface area (Å²) < 4.78 is 0. The number of hydrogen-bond acceptors (Lipinski definition) is 2. The molecule has 1 rings (SSSR count). The molecule has 4 heteroatoms. The average Bonchev–Trinajstić information content (AvgIpc) is 2.31. The van der Waals surface area contributed by atoms with Gasteiger partial charge in [0.2, 0.25) is 0 Å². The second kappa shape index (κ2) is 10.1. The summed E-state index contributed by atoms with van der Waals surface area (Å²) in [6, 6.07) is 0. The summed E-state index contributed by atoms with van der Waals surface area (Å²) in [6.07, 6.45) is 8.52. The van der Waals surface area contributed by atoms with Crippen molar-refractivity contribution < 1.29 is 19.8 Å². The second-order valence-corrected chi connectivity index (χ2v) is 4.52. The van der Waals surface area contributed by atoms with Gasteiger partial charge in [-0.25, -0.2) is 0 Å². The molecular weight excluding hydrogens is 220 g/mol. The van der Waals surface area contributed by atoms with E-state index in [0.29, 0.717) is 6.42 Å². The smallest absolute Gasteiger partial charge is 0.306 e. The molecule has 0 aromatic rings. The van der Waals surface area contributed by atoms with Gasteiger partial charge < -0.3 is 10.2 Å². The number of carbonyl (C=O) groups is 2. The Morgan fingerprint density at radius 2 is 1.65 bits per heavy atom. The Morgan fingerprint density at radius 3 is 2.00 bits per heavy atom. The first kappa shape index (κ1) is 15.9. The van der Waals surface area contributed by atoms with Crippen LogP contribution in [0.5, 0.6) is 0 Å². The van der Waals surface area contributed by atoms with E-state index in [9.17, 15) is 9.59 Å². The first-order chi connectivity index (χ1) is 8.07. The van der Waals surface area contributed by atoms with Gasteiger partial charge in [0.15, 0.2) is 0 Å². The number of unbranched alkanes of at least 4 members (excludes halogenated alkanes) is 2. The van der Waals surface area contributed by atoms with Gasteiger partial charge in [0.05, 0.1) is 5.92 Å². The maximum Gasteiger partial charge on any atom is 0.306 e. The molecule has 0 aliphatic heterocycles. The molecule has 0 heterocycles. The third-order valence-electron chi connectivity index (χ3n) is 2.95. The van der Waals surface area contributed by atoms with E-state index in [1.165, 1.54) is 6.42 Å². The summed E-state index contributed by atoms with van der Waals surface area (Å²) in [5, 5.41) is 16.7. The Morgan fingerprint density at radius 1 is 1.06 bits per heavy atom. The molecule has 0 aromatic heterocycles. The Labute approximate surface area is 103 Å². The van der Waals surface area contributed by atoms with Crippen LogP contribution in [0.25, 0.3) is 0 Å². The van der Waals surface area contributed by atoms with Crippen molar-refractivity contribution in [1.29, 1.82) is 0 Å². The molecule has 1 saturated carbocycles. The largest absolute Gasteiger partial charge is 0.481 e. The van der Waals surface area contributed by atoms with Crippen molar-refractivity contribution in [3.05, 3.63) is 0 Å². The van der Waals surface area contributed by atoms with E-state index >= 15 is 0 Å². The molecule has 0 bridgehead atoms. The van der Waals surface area contributed by atoms with Gasteiger partial charge in [0.25, 0.3) is 0 Å². The lowest BCUT2D eigenvalue weighted by Crippen LogP contribution is -2.16. The molecule has 1 aliphatic carbocycles. The van der Waals surface area contributed by atoms with Gasteiger partial charge in [-0.15, -0.1) is 0 Å². The van der Waals surface area contributed by atoms with Crippen LogP contribution in [-0.2, 0) is 9.59 Å². The van der Waals surface area contributed by atoms with E-state index in [0.717, 1.165) is 44.9 Å². The summed E-state index contributed by atoms with van der Waals surface area (Å²) in [7, 11) is 0. The molecule has 1 aliphatic rings. The maximum absolute atomic E-state index is 10.4. The molecule has 4 nitrogen and oxygen atoms in total. The molecule has 0 aromatic carbocycles. The van der Waals surface area contributed by atoms with E-state index in [1.54, 1.807) is 0 Å². The van der Waals surface area contributed by atoms with E-state index in [4.69, 9.17) is 10.2 Å². The average molecular weight is 244 g/mol. The molecule has 0 saturated heterocycles. The van der Waals surface area contributed by atoms with Crippen LogP contribution in [0.2, 0.25) is 0 Å². The van der Waals surface area contributed by atoms with Crippen LogP contribution in [0.3, 0.4) is 0 Å². The maximum atomic E-state index is 10.4. The molecule has 0 unspecified atom stereocenters. The van der Waals surface area contributed by atoms with Crippen molar-refractivity contribution in [2.45, 2.75) is 64.7 Å². The standard InChI is InChI=1S/C7H12O2.C6H12O2/c8-7(9)6-4-2-1-3-5-6;1-2-3-4-5-6(7)8/h6H,1-5H2,(H,8,9);2-5H2,1H3,(H,7,8). The highest BCUT2D eigenvalue weighted by molar-refractivity contribution is 5.69. The summed E-state index contributed by atoms with van der Waals surface area (Å²) >= 11 is 0. The van der Waals surface area contributed by atoms with E-state index in [-0.39, 0.29) is 5.92 Å². The number of carboxylic acid groups (broad SMARTS) is 2. The monoisotopic (exact) mass is 244 g/mol. The highest BCUT2D eigenvalue weighted by Crippen LogP contribution is 2.23. The van der Waals surface area contributed by atoms with Crippen LogP contribution >= 0.6 is 0 Å². The molecule has 0 amide bonds. The fraction of sp³-hybridized carbons (Fsp3) is 0.846. The molecule has 0 atom stereocenters. The zero-order valence-corrected chi connectivity index (χ0v) is 10.7. The van der Waals surface area contributed by atoms with E-state index in [2.05, 4.69) is 6.92 Å². The van der Waals surface area contributed by atoms with E-state index in [1.807, 2.05) is 0 Å². The Hall–Kier alpha value is -1.06. The van der Waals surface area contributed by atoms with Crippen LogP contribution in [0, 0.1) is 5.92 Å². The van der Waals surface area contributed by atoms with Gasteiger partial charge in [0.1, 0.15) is 0 Å². The zero-order chi connectivity index (χ0) is 13.1. The van der Waals surface area contributed by atoms with Gasteiger partial charge >= 0.3 is 11.9 Å². The highest BCUT2D eigenvalue weighted by Gasteiger charge is 2.19. The molecule has 1 fully saturated rings. The molecule has 100 valence electrons. The molecule has 0 radical (unpaired) electrons. The van der Waals surface area contributed by atoms with Gasteiger partial charge in [0, 0.05) is 6.42 Å². The first-order valence-electron chi connectivity index (χ1n) is 6.52. The summed E-state index contributed by atoms with van der Waals surface area (Å²) in [6.45, 7) is 2.06. The molecular formula is C13H24O4. The van der Waals surface area contributed by atoms with Crippen molar-refractivity contribution in [1.82, 2.24) is 0 Å². The lowest BCUT2D eigenvalue weighted by Gasteiger charge is -2.16. The van der Waals surface area contributed by atoms with Crippen LogP contribution in [-0.4, -0.2) is 22.2 Å². The summed E-state index contributed by atoms with van der Waals surface area (Å²) in [5.74, 6) is -1.31. The SMILES string of the molecule is CCCCCC(=O)O.O=C(O)C1CCCCC1. The third-order valence-corrected chi connectivity index (χ3v) is 2.95. The van der Waals surface area contributed by atoms with Gasteiger partial charge in [-0.3, -0.25) is 9.59 Å². The van der Waals surface area contributed by atoms with Crippen LogP contribution < -0.4 is 0 Å². The van der Waals surface area contributed by atoms with Gasteiger partial charge in [-0.2, -0.15) is 0 Å². The lowest BCUT2D eigenvalue weighted by atomic mass is 9.90. The lowest BCUT2D eigenvalue weighted by molar-refractivity contribution is -0.142. The van der Waals surface area contributed by atoms with Crippen LogP contribution in [0.4, 0.5) is 0 Å². The zero-order valence-electron chi connectivity index (χ0n) is 10.7. The predicted octanol–water partition coefficient (Wildman–Crippen LogP) is 3.30. The van der Waals surface area contributed by atoms with Crippen molar-refractivity contribution in [2.75, 3.05) is 0 Å². The number of hydrogen-bond donors (Lipinski definition) is 2. The van der Waals surface area contributed by atoms with Crippen molar-refractivity contribution >= 4 is 11.9 Å². The minimum Gasteiger partial charge on any atom is -0.481 e. The molecule has 2 N–H and O–H groups in total. The Balaban J connectivity index is 0.000000304. The van der Waals surface area contributed by atoms with E-state index < -0.39 is 11.9 Å². The van der Waals surface area contributed by atoms with Crippen molar-refractivity contribution in [2.24, 2.45) is 5.92 Å². The number of aliphatic carboxylic acids is 2. The highest BCUT2D eigenvalue weighted by atomic mass is 16.4. The fourth-order valence-electron chi connectivity index (χ4n) is 1.88. The van der Waals surface area contributed by atoms with Gasteiger partial charge in [-0.05, 0) is 19.3 Å². The summed E-state index contributed by atoms with van der Waals surface area (Å²) in [5.41, 5.74) is 0. The summed E-state index contributed by atoms with van der Waals surface area (Å²) in [4.78, 5) is 20.2. The molecule has 17 heavy (non-hydrogen) atoms. The van der Waals surface area contributed by atoms with Crippen LogP contribution in [0.1, 0.15) is 64.7 Å².